The van der Waals surface area contributed by atoms with E-state index >= 15 is 0 Å². The standard InChI is InChI=1S/C13H21.U.V.W/c1-9-8-12(4,5)10(2)11(3)13(9,6)7;;;/h1-7H3;;;/q-1;;;. The van der Waals surface area contributed by atoms with Crippen LogP contribution in [0.4, 0.5) is 0 Å². The van der Waals surface area contributed by atoms with E-state index in [0.717, 1.165) is 0 Å². The summed E-state index contributed by atoms with van der Waals surface area (Å²) in [6.07, 6.45) is 3.58. The van der Waals surface area contributed by atoms with Gasteiger partial charge in [0.05, 0.1) is 0 Å². The van der Waals surface area contributed by atoms with Crippen LogP contribution < -0.4 is 0 Å². The molecule has 0 aromatic heterocycles. The van der Waals surface area contributed by atoms with E-state index in [2.05, 4.69) is 54.5 Å². The maximum atomic E-state index is 3.58. The van der Waals surface area contributed by atoms with E-state index in [-0.39, 0.29) is 81.6 Å². The zero-order valence-electron chi connectivity index (χ0n) is 11.4. The quantitative estimate of drug-likeness (QED) is 0.274. The Labute approximate surface area is 151 Å². The maximum Gasteiger partial charge on any atom is 0 e. The van der Waals surface area contributed by atoms with Gasteiger partial charge in [0, 0.05) is 70.7 Å². The second kappa shape index (κ2) is 7.41. The SMILES string of the molecule is CC1=[C-]C(C)(C)C(C)=C(C)C1(C)C.[U].[V].[W]. The first-order valence-electron chi connectivity index (χ1n) is 5.00. The summed E-state index contributed by atoms with van der Waals surface area (Å²) in [6, 6.07) is 0. The van der Waals surface area contributed by atoms with Crippen molar-refractivity contribution >= 4 is 0 Å². The fourth-order valence-electron chi connectivity index (χ4n) is 1.94. The van der Waals surface area contributed by atoms with Crippen LogP contribution in [0.15, 0.2) is 16.7 Å². The largest absolute Gasteiger partial charge is 0.487 e. The first kappa shape index (κ1) is 22.9. The van der Waals surface area contributed by atoms with Gasteiger partial charge in [-0.2, -0.15) is 0 Å². The van der Waals surface area contributed by atoms with Gasteiger partial charge in [0.15, 0.2) is 0 Å². The van der Waals surface area contributed by atoms with Crippen molar-refractivity contribution in [3.05, 3.63) is 22.8 Å². The van der Waals surface area contributed by atoms with E-state index in [1.807, 2.05) is 0 Å². The Hall–Kier alpha value is 1.80. The molecule has 0 spiro atoms. The molecular formula is C13H21UVW-. The number of hydrogen-bond donors (Lipinski definition) is 0. The zero-order chi connectivity index (χ0) is 10.4. The topological polar surface area (TPSA) is 0 Å². The van der Waals surface area contributed by atoms with Crippen molar-refractivity contribution in [3.63, 3.8) is 0 Å². The molecule has 89 valence electrons. The third-order valence-electron chi connectivity index (χ3n) is 3.88. The fraction of sp³-hybridized carbons (Fsp3) is 0.692. The summed E-state index contributed by atoms with van der Waals surface area (Å²) in [6.45, 7) is 15.7. The van der Waals surface area contributed by atoms with Crippen LogP contribution in [0.25, 0.3) is 0 Å². The molecule has 1 radical (unpaired) electrons. The predicted octanol–water partition coefficient (Wildman–Crippen LogP) is 4.13. The summed E-state index contributed by atoms with van der Waals surface area (Å²) in [5.41, 5.74) is 4.70. The van der Waals surface area contributed by atoms with E-state index in [0.29, 0.717) is 0 Å². The molecule has 1 aliphatic carbocycles. The molecule has 1 rings (SSSR count). The van der Waals surface area contributed by atoms with Crippen LogP contribution in [-0.4, -0.2) is 0 Å². The van der Waals surface area contributed by atoms with E-state index in [9.17, 15) is 0 Å². The molecule has 0 aromatic rings. The van der Waals surface area contributed by atoms with Gasteiger partial charge in [0.2, 0.25) is 0 Å². The van der Waals surface area contributed by atoms with Gasteiger partial charge in [-0.25, -0.2) is 5.57 Å². The van der Waals surface area contributed by atoms with Gasteiger partial charge in [0.1, 0.15) is 0 Å². The molecule has 1 aliphatic rings. The van der Waals surface area contributed by atoms with Gasteiger partial charge in [0.25, 0.3) is 0 Å². The van der Waals surface area contributed by atoms with Crippen molar-refractivity contribution in [2.45, 2.75) is 48.5 Å². The van der Waals surface area contributed by atoms with Gasteiger partial charge in [-0.05, 0) is 19.3 Å². The third kappa shape index (κ3) is 4.18. The summed E-state index contributed by atoms with van der Waals surface area (Å²) in [4.78, 5) is 0. The average Bonchev–Trinajstić information content (AvgIpc) is 1.98. The van der Waals surface area contributed by atoms with E-state index in [1.165, 1.54) is 16.7 Å². The Morgan fingerprint density at radius 1 is 0.875 bits per heavy atom. The molecule has 0 aromatic carbocycles. The maximum absolute atomic E-state index is 3.58. The Morgan fingerprint density at radius 2 is 1.25 bits per heavy atom. The van der Waals surface area contributed by atoms with E-state index < -0.39 is 0 Å². The second-order valence-electron chi connectivity index (χ2n) is 5.25. The van der Waals surface area contributed by atoms with Gasteiger partial charge in [-0.15, -0.1) is 5.41 Å². The molecule has 0 saturated heterocycles. The average molecular weight is 650 g/mol. The zero-order valence-corrected chi connectivity index (χ0v) is 19.8. The van der Waals surface area contributed by atoms with Crippen LogP contribution in [0.3, 0.4) is 0 Å². The van der Waals surface area contributed by atoms with Crippen molar-refractivity contribution in [2.24, 2.45) is 10.8 Å². The summed E-state index contributed by atoms with van der Waals surface area (Å²) in [5, 5.41) is 0. The first-order chi connectivity index (χ1) is 5.69. The fourth-order valence-corrected chi connectivity index (χ4v) is 1.94. The molecule has 0 aliphatic heterocycles. The molecule has 0 unspecified atom stereocenters. The predicted molar refractivity (Wildman–Crippen MR) is 58.4 cm³/mol. The Bertz CT molecular complexity index is 301. The Morgan fingerprint density at radius 3 is 1.62 bits per heavy atom. The van der Waals surface area contributed by atoms with Crippen molar-refractivity contribution in [1.29, 1.82) is 0 Å². The minimum Gasteiger partial charge on any atom is -0.487 e. The summed E-state index contributed by atoms with van der Waals surface area (Å²) in [5.74, 6) is 0. The van der Waals surface area contributed by atoms with Crippen LogP contribution in [-0.2, 0) is 39.6 Å². The number of hydrogen-bond acceptors (Lipinski definition) is 0. The van der Waals surface area contributed by atoms with Gasteiger partial charge in [-0.3, -0.25) is 0 Å². The summed E-state index contributed by atoms with van der Waals surface area (Å²) >= 11 is 0. The second-order valence-corrected chi connectivity index (χ2v) is 5.25. The minimum atomic E-state index is 0. The molecule has 0 nitrogen and oxygen atoms in total. The number of allylic oxidation sites excluding steroid dienone is 4. The van der Waals surface area contributed by atoms with Crippen LogP contribution in [0.1, 0.15) is 48.5 Å². The molecule has 0 saturated carbocycles. The first-order valence-corrected chi connectivity index (χ1v) is 5.00. The molecule has 0 fully saturated rings. The monoisotopic (exact) mass is 650 g/mol. The van der Waals surface area contributed by atoms with Gasteiger partial charge < -0.3 is 6.08 Å². The molecule has 0 bridgehead atoms. The molecule has 0 heterocycles. The van der Waals surface area contributed by atoms with Crippen molar-refractivity contribution in [3.8, 4) is 0 Å². The van der Waals surface area contributed by atoms with Crippen LogP contribution >= 0.6 is 0 Å². The van der Waals surface area contributed by atoms with Gasteiger partial charge >= 0.3 is 0 Å². The normalized spacial score (nSPS) is 21.1. The van der Waals surface area contributed by atoms with Crippen molar-refractivity contribution in [2.75, 3.05) is 0 Å². The summed E-state index contributed by atoms with van der Waals surface area (Å²) < 4.78 is 0. The van der Waals surface area contributed by atoms with Crippen molar-refractivity contribution < 1.29 is 70.7 Å². The van der Waals surface area contributed by atoms with Crippen LogP contribution in [0, 0.1) is 48.0 Å². The Balaban J connectivity index is -0.000000563. The van der Waals surface area contributed by atoms with Crippen molar-refractivity contribution in [1.82, 2.24) is 0 Å². The summed E-state index contributed by atoms with van der Waals surface area (Å²) in [7, 11) is 0. The minimum absolute atomic E-state index is 0. The van der Waals surface area contributed by atoms with Crippen LogP contribution in [0.5, 0.6) is 0 Å². The van der Waals surface area contributed by atoms with Gasteiger partial charge in [-0.1, -0.05) is 45.8 Å². The molecule has 0 N–H and O–H groups in total. The smallest absolute Gasteiger partial charge is 0 e. The van der Waals surface area contributed by atoms with E-state index in [4.69, 9.17) is 0 Å². The number of rotatable bonds is 0. The molecule has 16 heavy (non-hydrogen) atoms. The Kier molecular flexibility index (Phi) is 10.6. The third-order valence-corrected chi connectivity index (χ3v) is 3.88. The molecular weight excluding hydrogens is 629 g/mol. The molecule has 3 heteroatoms. The molecule has 0 amide bonds. The van der Waals surface area contributed by atoms with Crippen LogP contribution in [0.2, 0.25) is 0 Å². The van der Waals surface area contributed by atoms with E-state index in [1.54, 1.807) is 0 Å². The molecule has 0 atom stereocenters.